The van der Waals surface area contributed by atoms with Crippen LogP contribution in [0.15, 0.2) is 41.3 Å². The van der Waals surface area contributed by atoms with Gasteiger partial charge in [-0.3, -0.25) is 0 Å². The van der Waals surface area contributed by atoms with E-state index in [0.717, 1.165) is 16.8 Å². The lowest BCUT2D eigenvalue weighted by Crippen LogP contribution is -1.87. The summed E-state index contributed by atoms with van der Waals surface area (Å²) in [4.78, 5) is 1.32. The molecule has 0 bridgehead atoms. The molecule has 0 aliphatic carbocycles. The molecule has 0 aromatic heterocycles. The van der Waals surface area contributed by atoms with Crippen LogP contribution in [0, 0.1) is 0 Å². The summed E-state index contributed by atoms with van der Waals surface area (Å²) >= 11 is 1.86. The first kappa shape index (κ1) is 9.41. The first-order valence-electron chi connectivity index (χ1n) is 4.73. The zero-order valence-electron chi connectivity index (χ0n) is 8.16. The summed E-state index contributed by atoms with van der Waals surface area (Å²) in [6, 6.07) is 12.4. The van der Waals surface area contributed by atoms with Gasteiger partial charge in [0.05, 0.1) is 0 Å². The van der Waals surface area contributed by atoms with Crippen molar-refractivity contribution in [2.75, 3.05) is 11.5 Å². The molecule has 2 heteroatoms. The molecule has 0 unspecified atom stereocenters. The fourth-order valence-corrected chi connectivity index (χ4v) is 2.38. The quantitative estimate of drug-likeness (QED) is 0.597. The van der Waals surface area contributed by atoms with Crippen molar-refractivity contribution in [2.24, 2.45) is 0 Å². The van der Waals surface area contributed by atoms with Gasteiger partial charge in [0, 0.05) is 16.0 Å². The summed E-state index contributed by atoms with van der Waals surface area (Å²) in [7, 11) is 0. The van der Waals surface area contributed by atoms with E-state index in [1.54, 1.807) is 0 Å². The topological polar surface area (TPSA) is 26.0 Å². The lowest BCUT2D eigenvalue weighted by Gasteiger charge is -2.06. The Balaban J connectivity index is 2.68. The highest BCUT2D eigenvalue weighted by molar-refractivity contribution is 7.99. The summed E-state index contributed by atoms with van der Waals surface area (Å²) in [6.45, 7) is 2.16. The van der Waals surface area contributed by atoms with Crippen molar-refractivity contribution >= 4 is 28.2 Å². The fourth-order valence-electron chi connectivity index (χ4n) is 1.58. The SMILES string of the molecule is CCSc1ccc(N)c2ccccc12. The number of hydrogen-bond acceptors (Lipinski definition) is 2. The van der Waals surface area contributed by atoms with Crippen molar-refractivity contribution in [3.05, 3.63) is 36.4 Å². The standard InChI is InChI=1S/C12H13NS/c1-2-14-12-8-7-11(13)9-5-3-4-6-10(9)12/h3-8H,2,13H2,1H3. The molecule has 0 aliphatic rings. The Bertz CT molecular complexity index is 451. The molecule has 72 valence electrons. The summed E-state index contributed by atoms with van der Waals surface area (Å²) < 4.78 is 0. The summed E-state index contributed by atoms with van der Waals surface area (Å²) in [5, 5.41) is 2.42. The Hall–Kier alpha value is -1.15. The number of hydrogen-bond donors (Lipinski definition) is 1. The lowest BCUT2D eigenvalue weighted by atomic mass is 10.1. The van der Waals surface area contributed by atoms with E-state index in [0.29, 0.717) is 0 Å². The summed E-state index contributed by atoms with van der Waals surface area (Å²) in [6.07, 6.45) is 0. The van der Waals surface area contributed by atoms with Gasteiger partial charge in [-0.2, -0.15) is 0 Å². The number of anilines is 1. The highest BCUT2D eigenvalue weighted by Gasteiger charge is 2.02. The molecule has 1 nitrogen and oxygen atoms in total. The first-order valence-corrected chi connectivity index (χ1v) is 5.71. The Labute approximate surface area is 88.3 Å². The Morgan fingerprint density at radius 2 is 1.79 bits per heavy atom. The monoisotopic (exact) mass is 203 g/mol. The molecule has 14 heavy (non-hydrogen) atoms. The molecule has 0 spiro atoms. The number of nitrogens with two attached hydrogens (primary N) is 1. The van der Waals surface area contributed by atoms with Crippen molar-refractivity contribution in [1.82, 2.24) is 0 Å². The zero-order chi connectivity index (χ0) is 9.97. The van der Waals surface area contributed by atoms with E-state index in [2.05, 4.69) is 31.2 Å². The number of benzene rings is 2. The second kappa shape index (κ2) is 3.93. The molecule has 0 radical (unpaired) electrons. The predicted molar refractivity (Wildman–Crippen MR) is 64.8 cm³/mol. The molecule has 0 heterocycles. The molecule has 0 aliphatic heterocycles. The molecule has 0 amide bonds. The molecule has 0 fully saturated rings. The van der Waals surface area contributed by atoms with E-state index >= 15 is 0 Å². The maximum absolute atomic E-state index is 5.91. The summed E-state index contributed by atoms with van der Waals surface area (Å²) in [5.41, 5.74) is 6.77. The Morgan fingerprint density at radius 3 is 2.50 bits per heavy atom. The molecule has 2 aromatic rings. The average Bonchev–Trinajstić information content (AvgIpc) is 2.23. The Morgan fingerprint density at radius 1 is 1.07 bits per heavy atom. The fraction of sp³-hybridized carbons (Fsp3) is 0.167. The minimum atomic E-state index is 0.862. The Kier molecular flexibility index (Phi) is 2.64. The normalized spacial score (nSPS) is 10.6. The van der Waals surface area contributed by atoms with Gasteiger partial charge in [0.1, 0.15) is 0 Å². The van der Waals surface area contributed by atoms with Gasteiger partial charge in [0.15, 0.2) is 0 Å². The molecule has 2 aromatic carbocycles. The van der Waals surface area contributed by atoms with Crippen LogP contribution < -0.4 is 5.73 Å². The van der Waals surface area contributed by atoms with Crippen LogP contribution in [-0.2, 0) is 0 Å². The summed E-state index contributed by atoms with van der Waals surface area (Å²) in [5.74, 6) is 1.09. The van der Waals surface area contributed by atoms with Crippen molar-refractivity contribution in [2.45, 2.75) is 11.8 Å². The van der Waals surface area contributed by atoms with Crippen molar-refractivity contribution in [3.63, 3.8) is 0 Å². The van der Waals surface area contributed by atoms with E-state index in [9.17, 15) is 0 Å². The highest BCUT2D eigenvalue weighted by atomic mass is 32.2. The van der Waals surface area contributed by atoms with Crippen molar-refractivity contribution < 1.29 is 0 Å². The van der Waals surface area contributed by atoms with Crippen LogP contribution in [0.3, 0.4) is 0 Å². The predicted octanol–water partition coefficient (Wildman–Crippen LogP) is 3.53. The van der Waals surface area contributed by atoms with Gasteiger partial charge in [-0.05, 0) is 23.3 Å². The van der Waals surface area contributed by atoms with Crippen LogP contribution in [0.4, 0.5) is 5.69 Å². The van der Waals surface area contributed by atoms with Crippen LogP contribution in [0.1, 0.15) is 6.92 Å². The van der Waals surface area contributed by atoms with Crippen LogP contribution in [-0.4, -0.2) is 5.75 Å². The van der Waals surface area contributed by atoms with Gasteiger partial charge >= 0.3 is 0 Å². The van der Waals surface area contributed by atoms with Crippen LogP contribution in [0.2, 0.25) is 0 Å². The third-order valence-electron chi connectivity index (χ3n) is 2.22. The second-order valence-electron chi connectivity index (χ2n) is 3.13. The largest absolute Gasteiger partial charge is 0.398 e. The van der Waals surface area contributed by atoms with E-state index in [1.165, 1.54) is 10.3 Å². The zero-order valence-corrected chi connectivity index (χ0v) is 8.97. The molecular formula is C12H13NS. The van der Waals surface area contributed by atoms with E-state index in [1.807, 2.05) is 23.9 Å². The first-order chi connectivity index (χ1) is 6.83. The van der Waals surface area contributed by atoms with E-state index in [4.69, 9.17) is 5.73 Å². The number of thioether (sulfide) groups is 1. The van der Waals surface area contributed by atoms with Crippen LogP contribution in [0.25, 0.3) is 10.8 Å². The van der Waals surface area contributed by atoms with E-state index < -0.39 is 0 Å². The maximum Gasteiger partial charge on any atom is 0.0394 e. The third-order valence-corrected chi connectivity index (χ3v) is 3.17. The minimum Gasteiger partial charge on any atom is -0.398 e. The molecule has 0 saturated heterocycles. The highest BCUT2D eigenvalue weighted by Crippen LogP contribution is 2.30. The van der Waals surface area contributed by atoms with Crippen LogP contribution in [0.5, 0.6) is 0 Å². The molecule has 2 N–H and O–H groups in total. The van der Waals surface area contributed by atoms with Gasteiger partial charge in [0.2, 0.25) is 0 Å². The van der Waals surface area contributed by atoms with Gasteiger partial charge in [-0.15, -0.1) is 11.8 Å². The second-order valence-corrected chi connectivity index (χ2v) is 4.44. The number of nitrogen functional groups attached to an aromatic ring is 1. The third kappa shape index (κ3) is 1.58. The van der Waals surface area contributed by atoms with Crippen molar-refractivity contribution in [1.29, 1.82) is 0 Å². The molecule has 0 atom stereocenters. The maximum atomic E-state index is 5.91. The number of fused-ring (bicyclic) bond motifs is 1. The molecular weight excluding hydrogens is 190 g/mol. The van der Waals surface area contributed by atoms with Crippen molar-refractivity contribution in [3.8, 4) is 0 Å². The molecule has 2 rings (SSSR count). The van der Waals surface area contributed by atoms with Gasteiger partial charge in [-0.25, -0.2) is 0 Å². The number of rotatable bonds is 2. The van der Waals surface area contributed by atoms with Gasteiger partial charge < -0.3 is 5.73 Å². The van der Waals surface area contributed by atoms with Gasteiger partial charge in [-0.1, -0.05) is 31.2 Å². The lowest BCUT2D eigenvalue weighted by molar-refractivity contribution is 1.48. The smallest absolute Gasteiger partial charge is 0.0394 e. The van der Waals surface area contributed by atoms with E-state index in [-0.39, 0.29) is 0 Å². The minimum absolute atomic E-state index is 0.862. The molecule has 0 saturated carbocycles. The van der Waals surface area contributed by atoms with Gasteiger partial charge in [0.25, 0.3) is 0 Å². The van der Waals surface area contributed by atoms with Crippen LogP contribution >= 0.6 is 11.8 Å². The average molecular weight is 203 g/mol.